The molecule has 90 valence electrons. The lowest BCUT2D eigenvalue weighted by atomic mass is 10.1. The van der Waals surface area contributed by atoms with Gasteiger partial charge in [-0.25, -0.2) is 4.39 Å². The van der Waals surface area contributed by atoms with Gasteiger partial charge >= 0.3 is 5.97 Å². The number of benzene rings is 1. The van der Waals surface area contributed by atoms with Crippen molar-refractivity contribution in [3.8, 4) is 17.6 Å². The fourth-order valence-electron chi connectivity index (χ4n) is 1.13. The third kappa shape index (κ3) is 3.38. The van der Waals surface area contributed by atoms with Crippen molar-refractivity contribution >= 4 is 11.7 Å². The van der Waals surface area contributed by atoms with Crippen LogP contribution in [0.1, 0.15) is 12.0 Å². The van der Waals surface area contributed by atoms with Gasteiger partial charge in [-0.2, -0.15) is 0 Å². The molecule has 0 aliphatic carbocycles. The number of hydrogen-bond donors (Lipinski definition) is 1. The fourth-order valence-corrected chi connectivity index (χ4v) is 1.13. The molecule has 1 aromatic carbocycles. The second kappa shape index (κ2) is 5.75. The van der Waals surface area contributed by atoms with Crippen molar-refractivity contribution in [2.24, 2.45) is 0 Å². The molecule has 4 nitrogen and oxygen atoms in total. The van der Waals surface area contributed by atoms with E-state index in [1.165, 1.54) is 20.3 Å². The van der Waals surface area contributed by atoms with Crippen molar-refractivity contribution in [1.82, 2.24) is 0 Å². The first-order chi connectivity index (χ1) is 8.08. The lowest BCUT2D eigenvalue weighted by Crippen LogP contribution is -1.98. The van der Waals surface area contributed by atoms with Crippen molar-refractivity contribution < 1.29 is 18.7 Å². The standard InChI is InChI=1S/C12H12FNO3/c1-16-11-6-8(9(13)7-10(11)14)4-3-5-12(15)17-2/h6-7H,5,14H2,1-2H3. The second-order valence-corrected chi connectivity index (χ2v) is 3.13. The first-order valence-electron chi connectivity index (χ1n) is 4.77. The Labute approximate surface area is 98.5 Å². The SMILES string of the molecule is COC(=O)CC#Cc1cc(OC)c(N)cc1F. The van der Waals surface area contributed by atoms with E-state index in [-0.39, 0.29) is 17.7 Å². The van der Waals surface area contributed by atoms with Crippen LogP contribution >= 0.6 is 0 Å². The third-order valence-corrected chi connectivity index (χ3v) is 2.00. The van der Waals surface area contributed by atoms with Crippen LogP contribution in [0.2, 0.25) is 0 Å². The molecular weight excluding hydrogens is 225 g/mol. The predicted molar refractivity (Wildman–Crippen MR) is 60.9 cm³/mol. The molecule has 5 heteroatoms. The molecule has 0 aliphatic heterocycles. The van der Waals surface area contributed by atoms with E-state index >= 15 is 0 Å². The highest BCUT2D eigenvalue weighted by atomic mass is 19.1. The summed E-state index contributed by atoms with van der Waals surface area (Å²) in [6.45, 7) is 0. The molecule has 0 amide bonds. The Morgan fingerprint density at radius 2 is 2.18 bits per heavy atom. The number of methoxy groups -OCH3 is 2. The topological polar surface area (TPSA) is 61.5 Å². The van der Waals surface area contributed by atoms with Crippen LogP contribution in [-0.2, 0) is 9.53 Å². The zero-order chi connectivity index (χ0) is 12.8. The number of halogens is 1. The molecule has 0 heterocycles. The summed E-state index contributed by atoms with van der Waals surface area (Å²) >= 11 is 0. The van der Waals surface area contributed by atoms with Crippen LogP contribution in [0.5, 0.6) is 5.75 Å². The van der Waals surface area contributed by atoms with Crippen molar-refractivity contribution in [2.75, 3.05) is 20.0 Å². The van der Waals surface area contributed by atoms with Crippen LogP contribution in [0.25, 0.3) is 0 Å². The van der Waals surface area contributed by atoms with Crippen LogP contribution in [0.3, 0.4) is 0 Å². The summed E-state index contributed by atoms with van der Waals surface area (Å²) in [6, 6.07) is 2.51. The van der Waals surface area contributed by atoms with Crippen molar-refractivity contribution in [3.63, 3.8) is 0 Å². The molecule has 17 heavy (non-hydrogen) atoms. The van der Waals surface area contributed by atoms with E-state index < -0.39 is 11.8 Å². The monoisotopic (exact) mass is 237 g/mol. The van der Waals surface area contributed by atoms with E-state index in [4.69, 9.17) is 10.5 Å². The lowest BCUT2D eigenvalue weighted by molar-refractivity contribution is -0.139. The number of rotatable bonds is 2. The highest BCUT2D eigenvalue weighted by molar-refractivity contribution is 5.72. The number of nitrogens with two attached hydrogens (primary N) is 1. The molecule has 0 radical (unpaired) electrons. The highest BCUT2D eigenvalue weighted by Gasteiger charge is 2.06. The predicted octanol–water partition coefficient (Wildman–Crippen LogP) is 1.33. The van der Waals surface area contributed by atoms with Crippen molar-refractivity contribution in [3.05, 3.63) is 23.5 Å². The van der Waals surface area contributed by atoms with Crippen molar-refractivity contribution in [2.45, 2.75) is 6.42 Å². The number of anilines is 1. The van der Waals surface area contributed by atoms with Gasteiger partial charge in [0.2, 0.25) is 0 Å². The molecule has 1 aromatic rings. The van der Waals surface area contributed by atoms with E-state index in [1.807, 2.05) is 0 Å². The summed E-state index contributed by atoms with van der Waals surface area (Å²) < 4.78 is 22.8. The van der Waals surface area contributed by atoms with E-state index in [2.05, 4.69) is 16.6 Å². The maximum absolute atomic E-state index is 13.4. The Morgan fingerprint density at radius 1 is 1.47 bits per heavy atom. The first-order valence-corrected chi connectivity index (χ1v) is 4.77. The van der Waals surface area contributed by atoms with E-state index in [0.717, 1.165) is 6.07 Å². The van der Waals surface area contributed by atoms with E-state index in [0.29, 0.717) is 5.75 Å². The van der Waals surface area contributed by atoms with Gasteiger partial charge in [0.25, 0.3) is 0 Å². The number of hydrogen-bond acceptors (Lipinski definition) is 4. The van der Waals surface area contributed by atoms with Gasteiger partial charge in [-0.1, -0.05) is 11.8 Å². The summed E-state index contributed by atoms with van der Waals surface area (Å²) in [7, 11) is 2.69. The van der Waals surface area contributed by atoms with Gasteiger partial charge in [-0.15, -0.1) is 0 Å². The summed E-state index contributed by atoms with van der Waals surface area (Å²) in [5, 5.41) is 0. The third-order valence-electron chi connectivity index (χ3n) is 2.00. The first kappa shape index (κ1) is 12.8. The Morgan fingerprint density at radius 3 is 2.76 bits per heavy atom. The smallest absolute Gasteiger partial charge is 0.317 e. The average Bonchev–Trinajstić information content (AvgIpc) is 2.31. The van der Waals surface area contributed by atoms with Crippen LogP contribution in [0.4, 0.5) is 10.1 Å². The van der Waals surface area contributed by atoms with Crippen LogP contribution < -0.4 is 10.5 Å². The van der Waals surface area contributed by atoms with Gasteiger partial charge in [0.15, 0.2) is 0 Å². The molecular formula is C12H12FNO3. The summed E-state index contributed by atoms with van der Waals surface area (Å²) in [5.74, 6) is 4.34. The number of esters is 1. The summed E-state index contributed by atoms with van der Waals surface area (Å²) in [5.41, 5.74) is 5.83. The molecule has 0 saturated carbocycles. The Balaban J connectivity index is 2.94. The van der Waals surface area contributed by atoms with Gasteiger partial charge in [-0.3, -0.25) is 4.79 Å². The van der Waals surface area contributed by atoms with Gasteiger partial charge < -0.3 is 15.2 Å². The summed E-state index contributed by atoms with van der Waals surface area (Å²) in [4.78, 5) is 10.8. The minimum Gasteiger partial charge on any atom is -0.495 e. The maximum atomic E-state index is 13.4. The molecule has 0 atom stereocenters. The molecule has 0 aromatic heterocycles. The minimum atomic E-state index is -0.555. The number of carbonyl (C=O) groups excluding carboxylic acids is 1. The van der Waals surface area contributed by atoms with Crippen LogP contribution in [-0.4, -0.2) is 20.2 Å². The van der Waals surface area contributed by atoms with E-state index in [9.17, 15) is 9.18 Å². The molecule has 0 fully saturated rings. The molecule has 0 saturated heterocycles. The maximum Gasteiger partial charge on any atom is 0.317 e. The molecule has 0 bridgehead atoms. The van der Waals surface area contributed by atoms with Gasteiger partial charge in [-0.05, 0) is 0 Å². The van der Waals surface area contributed by atoms with Gasteiger partial charge in [0.05, 0.1) is 25.5 Å². The minimum absolute atomic E-state index is 0.0946. The average molecular weight is 237 g/mol. The summed E-state index contributed by atoms with van der Waals surface area (Å²) in [6.07, 6.45) is -0.0946. The van der Waals surface area contributed by atoms with Crippen LogP contribution in [0.15, 0.2) is 12.1 Å². The molecule has 0 unspecified atom stereocenters. The lowest BCUT2D eigenvalue weighted by Gasteiger charge is -2.05. The molecule has 2 N–H and O–H groups in total. The number of ether oxygens (including phenoxy) is 2. The Kier molecular flexibility index (Phi) is 4.35. The van der Waals surface area contributed by atoms with Crippen LogP contribution in [0, 0.1) is 17.7 Å². The zero-order valence-electron chi connectivity index (χ0n) is 9.54. The van der Waals surface area contributed by atoms with E-state index in [1.54, 1.807) is 0 Å². The fraction of sp³-hybridized carbons (Fsp3) is 0.250. The molecule has 1 rings (SSSR count). The van der Waals surface area contributed by atoms with Crippen molar-refractivity contribution in [1.29, 1.82) is 0 Å². The molecule has 0 spiro atoms. The number of nitrogen functional groups attached to an aromatic ring is 1. The normalized spacial score (nSPS) is 9.12. The largest absolute Gasteiger partial charge is 0.495 e. The van der Waals surface area contributed by atoms with Gasteiger partial charge in [0.1, 0.15) is 18.0 Å². The number of carbonyl (C=O) groups is 1. The molecule has 0 aliphatic rings. The Bertz CT molecular complexity index is 489. The Hall–Kier alpha value is -2.22. The quantitative estimate of drug-likeness (QED) is 0.479. The second-order valence-electron chi connectivity index (χ2n) is 3.13. The van der Waals surface area contributed by atoms with Gasteiger partial charge in [0, 0.05) is 12.1 Å². The highest BCUT2D eigenvalue weighted by Crippen LogP contribution is 2.24. The zero-order valence-corrected chi connectivity index (χ0v) is 9.54.